The quantitative estimate of drug-likeness (QED) is 0.0262. The average Bonchev–Trinajstić information content (AvgIpc) is 3.34. The summed E-state index contributed by atoms with van der Waals surface area (Å²) in [6, 6.07) is 0. The van der Waals surface area contributed by atoms with Crippen molar-refractivity contribution in [1.82, 2.24) is 0 Å². The number of unbranched alkanes of at least 4 members (excludes halogenated alkanes) is 20. The van der Waals surface area contributed by atoms with E-state index >= 15 is 0 Å². The van der Waals surface area contributed by atoms with Crippen molar-refractivity contribution in [3.63, 3.8) is 0 Å². The molecule has 1 atom stereocenters. The first-order chi connectivity index (χ1) is 33.5. The van der Waals surface area contributed by atoms with Gasteiger partial charge < -0.3 is 14.2 Å². The molecule has 6 nitrogen and oxygen atoms in total. The first-order valence-electron chi connectivity index (χ1n) is 27.9. The normalized spacial score (nSPS) is 12.9. The molecule has 6 heteroatoms. The van der Waals surface area contributed by atoms with Gasteiger partial charge in [-0.25, -0.2) is 0 Å². The molecule has 386 valence electrons. The third-order valence-electron chi connectivity index (χ3n) is 11.5. The van der Waals surface area contributed by atoms with Crippen LogP contribution in [0.5, 0.6) is 0 Å². The molecule has 0 saturated carbocycles. The largest absolute Gasteiger partial charge is 0.462 e. The zero-order chi connectivity index (χ0) is 49.3. The summed E-state index contributed by atoms with van der Waals surface area (Å²) >= 11 is 0. The maximum Gasteiger partial charge on any atom is 0.306 e. The Morgan fingerprint density at radius 3 is 0.941 bits per heavy atom. The van der Waals surface area contributed by atoms with Crippen molar-refractivity contribution in [1.29, 1.82) is 0 Å². The van der Waals surface area contributed by atoms with Gasteiger partial charge >= 0.3 is 17.9 Å². The van der Waals surface area contributed by atoms with Crippen LogP contribution in [0.2, 0.25) is 0 Å². The Hall–Kier alpha value is -3.93. The fourth-order valence-corrected chi connectivity index (χ4v) is 7.41. The van der Waals surface area contributed by atoms with Crippen LogP contribution in [0.1, 0.15) is 245 Å². The van der Waals surface area contributed by atoms with E-state index in [1.54, 1.807) is 0 Å². The van der Waals surface area contributed by atoms with Crippen molar-refractivity contribution in [2.24, 2.45) is 0 Å². The van der Waals surface area contributed by atoms with Gasteiger partial charge in [0.1, 0.15) is 13.2 Å². The second-order valence-electron chi connectivity index (χ2n) is 18.1. The molecule has 68 heavy (non-hydrogen) atoms. The third kappa shape index (κ3) is 53.0. The van der Waals surface area contributed by atoms with Crippen LogP contribution < -0.4 is 0 Å². The highest BCUT2D eigenvalue weighted by molar-refractivity contribution is 5.71. The molecule has 0 radical (unpaired) electrons. The lowest BCUT2D eigenvalue weighted by Crippen LogP contribution is -2.30. The van der Waals surface area contributed by atoms with Crippen LogP contribution in [0.25, 0.3) is 0 Å². The number of allylic oxidation sites excluding steroid dienone is 18. The van der Waals surface area contributed by atoms with Gasteiger partial charge in [0.15, 0.2) is 6.10 Å². The Balaban J connectivity index is 4.17. The highest BCUT2D eigenvalue weighted by Gasteiger charge is 2.19. The summed E-state index contributed by atoms with van der Waals surface area (Å²) < 4.78 is 16.7. The molecule has 0 spiro atoms. The molecule has 0 heterocycles. The van der Waals surface area contributed by atoms with E-state index in [1.165, 1.54) is 96.3 Å². The van der Waals surface area contributed by atoms with Crippen molar-refractivity contribution in [2.75, 3.05) is 13.2 Å². The summed E-state index contributed by atoms with van der Waals surface area (Å²) in [7, 11) is 0. The van der Waals surface area contributed by atoms with Gasteiger partial charge in [-0.3, -0.25) is 14.4 Å². The summed E-state index contributed by atoms with van der Waals surface area (Å²) in [5, 5.41) is 0. The van der Waals surface area contributed by atoms with Crippen LogP contribution in [0.15, 0.2) is 109 Å². The van der Waals surface area contributed by atoms with Crippen LogP contribution >= 0.6 is 0 Å². The Kier molecular flexibility index (Phi) is 52.4. The molecule has 0 aliphatic rings. The summed E-state index contributed by atoms with van der Waals surface area (Å²) in [6.45, 7) is 6.30. The summed E-state index contributed by atoms with van der Waals surface area (Å²) in [4.78, 5) is 37.8. The third-order valence-corrected chi connectivity index (χ3v) is 11.5. The number of esters is 3. The van der Waals surface area contributed by atoms with Gasteiger partial charge in [-0.15, -0.1) is 0 Å². The monoisotopic (exact) mass is 943 g/mol. The first kappa shape index (κ1) is 64.1. The maximum atomic E-state index is 12.7. The van der Waals surface area contributed by atoms with E-state index in [2.05, 4.69) is 130 Å². The first-order valence-corrected chi connectivity index (χ1v) is 27.9. The minimum Gasteiger partial charge on any atom is -0.462 e. The van der Waals surface area contributed by atoms with Gasteiger partial charge in [0, 0.05) is 19.3 Å². The minimum atomic E-state index is -0.805. The highest BCUT2D eigenvalue weighted by Crippen LogP contribution is 2.15. The van der Waals surface area contributed by atoms with E-state index in [-0.39, 0.29) is 37.5 Å². The van der Waals surface area contributed by atoms with Gasteiger partial charge in [0.25, 0.3) is 0 Å². The number of ether oxygens (including phenoxy) is 3. The molecule has 0 aromatic rings. The number of carbonyl (C=O) groups is 3. The van der Waals surface area contributed by atoms with Crippen molar-refractivity contribution in [3.8, 4) is 0 Å². The lowest BCUT2D eigenvalue weighted by atomic mass is 10.0. The highest BCUT2D eigenvalue weighted by atomic mass is 16.6. The second-order valence-corrected chi connectivity index (χ2v) is 18.1. The Bertz CT molecular complexity index is 1410. The predicted molar refractivity (Wildman–Crippen MR) is 293 cm³/mol. The van der Waals surface area contributed by atoms with E-state index in [0.29, 0.717) is 19.3 Å². The van der Waals surface area contributed by atoms with Crippen LogP contribution in [0.3, 0.4) is 0 Å². The SMILES string of the molecule is CC/C=C\C/C=C\C/C=C\C/C=C\C/C=C\CCCC(=O)OC(COC(=O)CCCCCCCC)COC(=O)CCCCCCCCCCCCCCCC/C=C\C/C=C\C/C=C\C/C=C\CC. The number of hydrogen-bond acceptors (Lipinski definition) is 6. The molecule has 0 aromatic carbocycles. The van der Waals surface area contributed by atoms with Crippen molar-refractivity contribution >= 4 is 17.9 Å². The fourth-order valence-electron chi connectivity index (χ4n) is 7.41. The summed E-state index contributed by atoms with van der Waals surface area (Å²) in [6.07, 6.45) is 75.5. The van der Waals surface area contributed by atoms with Gasteiger partial charge in [-0.2, -0.15) is 0 Å². The number of hydrogen-bond donors (Lipinski definition) is 0. The molecular formula is C62H102O6. The predicted octanol–water partition coefficient (Wildman–Crippen LogP) is 18.7. The van der Waals surface area contributed by atoms with Crippen LogP contribution in [0.4, 0.5) is 0 Å². The summed E-state index contributed by atoms with van der Waals surface area (Å²) in [5.74, 6) is -0.972. The van der Waals surface area contributed by atoms with Crippen molar-refractivity contribution in [2.45, 2.75) is 252 Å². The smallest absolute Gasteiger partial charge is 0.306 e. The van der Waals surface area contributed by atoms with Crippen molar-refractivity contribution < 1.29 is 28.6 Å². The van der Waals surface area contributed by atoms with Gasteiger partial charge in [-0.1, -0.05) is 239 Å². The molecule has 0 N–H and O–H groups in total. The lowest BCUT2D eigenvalue weighted by Gasteiger charge is -2.18. The minimum absolute atomic E-state index is 0.101. The topological polar surface area (TPSA) is 78.9 Å². The van der Waals surface area contributed by atoms with E-state index < -0.39 is 6.10 Å². The van der Waals surface area contributed by atoms with E-state index in [0.717, 1.165) is 103 Å². The Labute approximate surface area is 419 Å². The standard InChI is InChI=1S/C62H102O6/c1-4-7-10-13-16-18-20-22-24-26-27-28-29-30-31-32-33-34-35-37-38-40-42-44-46-49-52-55-61(64)67-58-59(57-66-60(63)54-51-48-15-12-9-6-3)68-62(65)56-53-50-47-45-43-41-39-36-25-23-21-19-17-14-11-8-5-2/h7-8,10-11,16-19,22-25,27-28,39,41,45,47,59H,4-6,9,12-15,20-21,26,29-38,40,42-44,46,48-58H2,1-3H3/b10-7-,11-8-,18-16-,19-17-,24-22-,25-23-,28-27-,41-39-,47-45-. The van der Waals surface area contributed by atoms with Crippen LogP contribution in [-0.2, 0) is 28.6 Å². The fraction of sp³-hybridized carbons (Fsp3) is 0.661. The van der Waals surface area contributed by atoms with E-state index in [1.807, 2.05) is 0 Å². The molecule has 0 fully saturated rings. The molecule has 0 rings (SSSR count). The number of carbonyl (C=O) groups excluding carboxylic acids is 3. The molecule has 0 amide bonds. The van der Waals surface area contributed by atoms with Gasteiger partial charge in [0.05, 0.1) is 0 Å². The Morgan fingerprint density at radius 1 is 0.309 bits per heavy atom. The van der Waals surface area contributed by atoms with E-state index in [4.69, 9.17) is 14.2 Å². The van der Waals surface area contributed by atoms with Gasteiger partial charge in [0.2, 0.25) is 0 Å². The molecule has 1 unspecified atom stereocenters. The lowest BCUT2D eigenvalue weighted by molar-refractivity contribution is -0.167. The second kappa shape index (κ2) is 55.7. The molecule has 0 aliphatic carbocycles. The zero-order valence-electron chi connectivity index (χ0n) is 44.1. The zero-order valence-corrected chi connectivity index (χ0v) is 44.1. The molecule has 0 aliphatic heterocycles. The maximum absolute atomic E-state index is 12.7. The Morgan fingerprint density at radius 2 is 0.588 bits per heavy atom. The summed E-state index contributed by atoms with van der Waals surface area (Å²) in [5.41, 5.74) is 0. The average molecular weight is 943 g/mol. The van der Waals surface area contributed by atoms with Crippen molar-refractivity contribution in [3.05, 3.63) is 109 Å². The van der Waals surface area contributed by atoms with Gasteiger partial charge in [-0.05, 0) is 96.3 Å². The molecule has 0 saturated heterocycles. The van der Waals surface area contributed by atoms with E-state index in [9.17, 15) is 14.4 Å². The van der Waals surface area contributed by atoms with Crippen LogP contribution in [-0.4, -0.2) is 37.2 Å². The molecular weight excluding hydrogens is 841 g/mol. The molecule has 0 bridgehead atoms. The number of rotatable bonds is 49. The van der Waals surface area contributed by atoms with Crippen LogP contribution in [0, 0.1) is 0 Å². The molecule has 0 aromatic heterocycles.